The van der Waals surface area contributed by atoms with Gasteiger partial charge >= 0.3 is 7.12 Å². The Balaban J connectivity index is 3.05. The zero-order valence-electron chi connectivity index (χ0n) is 5.40. The molecule has 0 aliphatic rings. The molecule has 11 heavy (non-hydrogen) atoms. The molecule has 5 nitrogen and oxygen atoms in total. The molecule has 7 heteroatoms. The van der Waals surface area contributed by atoms with Crippen molar-refractivity contribution in [2.24, 2.45) is 0 Å². The Morgan fingerprint density at radius 1 is 1.55 bits per heavy atom. The number of anilines is 1. The van der Waals surface area contributed by atoms with Crippen molar-refractivity contribution in [3.63, 3.8) is 0 Å². The molecule has 0 spiro atoms. The normalized spacial score (nSPS) is 9.73. The molecule has 0 unspecified atom stereocenters. The number of halogens is 1. The summed E-state index contributed by atoms with van der Waals surface area (Å²) >= 11 is 2.99. The van der Waals surface area contributed by atoms with Crippen LogP contribution in [0, 0.1) is 0 Å². The van der Waals surface area contributed by atoms with Gasteiger partial charge in [-0.2, -0.15) is 0 Å². The van der Waals surface area contributed by atoms with Crippen molar-refractivity contribution < 1.29 is 10.0 Å². The topological polar surface area (TPSA) is 92.3 Å². The van der Waals surface area contributed by atoms with Gasteiger partial charge in [-0.3, -0.25) is 0 Å². The summed E-state index contributed by atoms with van der Waals surface area (Å²) in [6, 6.07) is 0. The van der Waals surface area contributed by atoms with Gasteiger partial charge in [0, 0.05) is 6.20 Å². The van der Waals surface area contributed by atoms with E-state index in [2.05, 4.69) is 25.9 Å². The van der Waals surface area contributed by atoms with Crippen molar-refractivity contribution in [3.05, 3.63) is 10.8 Å². The minimum Gasteiger partial charge on any atom is -0.422 e. The van der Waals surface area contributed by atoms with Crippen LogP contribution < -0.4 is 11.3 Å². The second-order valence-electron chi connectivity index (χ2n) is 1.84. The highest BCUT2D eigenvalue weighted by atomic mass is 79.9. The molecule has 0 aromatic carbocycles. The van der Waals surface area contributed by atoms with E-state index in [1.807, 2.05) is 0 Å². The first-order valence-electron chi connectivity index (χ1n) is 2.75. The predicted octanol–water partition coefficient (Wildman–Crippen LogP) is -1.50. The van der Waals surface area contributed by atoms with E-state index in [0.717, 1.165) is 0 Å². The molecule has 1 aromatic heterocycles. The Bertz CT molecular complexity index is 270. The minimum atomic E-state index is -1.61. The van der Waals surface area contributed by atoms with Crippen molar-refractivity contribution in [2.75, 3.05) is 5.73 Å². The summed E-state index contributed by atoms with van der Waals surface area (Å²) in [4.78, 5) is 7.35. The van der Waals surface area contributed by atoms with E-state index in [-0.39, 0.29) is 11.4 Å². The molecular weight excluding hydrogens is 213 g/mol. The maximum Gasteiger partial charge on any atom is 0.509 e. The fraction of sp³-hybridized carbons (Fsp3) is 0. The number of aromatic nitrogens is 2. The van der Waals surface area contributed by atoms with Gasteiger partial charge in [-0.05, 0) is 15.9 Å². The van der Waals surface area contributed by atoms with Crippen LogP contribution in [-0.4, -0.2) is 27.1 Å². The lowest BCUT2D eigenvalue weighted by Crippen LogP contribution is -2.33. The zero-order valence-corrected chi connectivity index (χ0v) is 6.98. The molecule has 0 atom stereocenters. The van der Waals surface area contributed by atoms with Crippen LogP contribution in [-0.2, 0) is 0 Å². The first-order chi connectivity index (χ1) is 5.11. The fourth-order valence-corrected chi connectivity index (χ4v) is 0.820. The first kappa shape index (κ1) is 8.44. The van der Waals surface area contributed by atoms with Crippen molar-refractivity contribution in [1.29, 1.82) is 0 Å². The van der Waals surface area contributed by atoms with Gasteiger partial charge in [0.25, 0.3) is 0 Å². The zero-order chi connectivity index (χ0) is 8.43. The molecule has 0 aliphatic heterocycles. The highest BCUT2D eigenvalue weighted by Crippen LogP contribution is 2.09. The number of rotatable bonds is 1. The van der Waals surface area contributed by atoms with Crippen molar-refractivity contribution in [2.45, 2.75) is 0 Å². The lowest BCUT2D eigenvalue weighted by atomic mass is 9.87. The van der Waals surface area contributed by atoms with Crippen LogP contribution in [0.25, 0.3) is 0 Å². The highest BCUT2D eigenvalue weighted by molar-refractivity contribution is 9.10. The minimum absolute atomic E-state index is 0.0612. The summed E-state index contributed by atoms with van der Waals surface area (Å²) in [7, 11) is -1.61. The molecule has 0 bridgehead atoms. The molecule has 1 aromatic rings. The van der Waals surface area contributed by atoms with Crippen LogP contribution >= 0.6 is 15.9 Å². The standard InChI is InChI=1S/C4H5BBrN3O2/c6-3-4(7)8-1-2(9-3)5(10)11/h1,10-11H,(H2,7,8). The Kier molecular flexibility index (Phi) is 2.43. The Morgan fingerprint density at radius 3 is 2.64 bits per heavy atom. The van der Waals surface area contributed by atoms with E-state index in [9.17, 15) is 0 Å². The fourth-order valence-electron chi connectivity index (χ4n) is 0.513. The first-order valence-corrected chi connectivity index (χ1v) is 3.54. The molecule has 4 N–H and O–H groups in total. The van der Waals surface area contributed by atoms with E-state index in [1.54, 1.807) is 0 Å². The quantitative estimate of drug-likeness (QED) is 0.498. The van der Waals surface area contributed by atoms with E-state index in [0.29, 0.717) is 4.60 Å². The van der Waals surface area contributed by atoms with Gasteiger partial charge < -0.3 is 15.8 Å². The van der Waals surface area contributed by atoms with E-state index >= 15 is 0 Å². The summed E-state index contributed by atoms with van der Waals surface area (Å²) in [5.74, 6) is 0.217. The van der Waals surface area contributed by atoms with Crippen molar-refractivity contribution >= 4 is 34.5 Å². The van der Waals surface area contributed by atoms with E-state index < -0.39 is 7.12 Å². The maximum absolute atomic E-state index is 8.63. The maximum atomic E-state index is 8.63. The van der Waals surface area contributed by atoms with Crippen LogP contribution in [0.15, 0.2) is 10.8 Å². The monoisotopic (exact) mass is 217 g/mol. The number of nitrogens with two attached hydrogens (primary N) is 1. The molecule has 0 amide bonds. The third kappa shape index (κ3) is 1.89. The molecule has 1 heterocycles. The van der Waals surface area contributed by atoms with E-state index in [4.69, 9.17) is 15.8 Å². The van der Waals surface area contributed by atoms with Crippen LogP contribution in [0.2, 0.25) is 0 Å². The largest absolute Gasteiger partial charge is 0.509 e. The molecule has 0 saturated carbocycles. The van der Waals surface area contributed by atoms with Gasteiger partial charge in [-0.15, -0.1) is 0 Å². The van der Waals surface area contributed by atoms with Gasteiger partial charge in [0.05, 0.1) is 5.59 Å². The highest BCUT2D eigenvalue weighted by Gasteiger charge is 2.14. The third-order valence-corrected chi connectivity index (χ3v) is 1.62. The SMILES string of the molecule is Nc1ncc(B(O)O)nc1Br. The van der Waals surface area contributed by atoms with Gasteiger partial charge in [-0.25, -0.2) is 9.97 Å². The second kappa shape index (κ2) is 3.16. The third-order valence-electron chi connectivity index (χ3n) is 1.04. The van der Waals surface area contributed by atoms with Crippen LogP contribution in [0.5, 0.6) is 0 Å². The Labute approximate surface area is 71.6 Å². The van der Waals surface area contributed by atoms with Gasteiger partial charge in [0.2, 0.25) is 0 Å². The number of hydrogen-bond acceptors (Lipinski definition) is 5. The van der Waals surface area contributed by atoms with E-state index in [1.165, 1.54) is 6.20 Å². The van der Waals surface area contributed by atoms with Crippen LogP contribution in [0.1, 0.15) is 0 Å². The summed E-state index contributed by atoms with van der Waals surface area (Å²) < 4.78 is 0.308. The molecule has 0 aliphatic carbocycles. The van der Waals surface area contributed by atoms with Crippen molar-refractivity contribution in [1.82, 2.24) is 9.97 Å². The number of hydrogen-bond donors (Lipinski definition) is 3. The molecule has 0 fully saturated rings. The lowest BCUT2D eigenvalue weighted by Gasteiger charge is -1.99. The average Bonchev–Trinajstić information content (AvgIpc) is 1.94. The second-order valence-corrected chi connectivity index (χ2v) is 2.60. The molecule has 1 rings (SSSR count). The van der Waals surface area contributed by atoms with Crippen molar-refractivity contribution in [3.8, 4) is 0 Å². The summed E-state index contributed by atoms with van der Waals surface area (Å²) in [5, 5.41) is 17.3. The number of nitrogens with zero attached hydrogens (tertiary/aromatic N) is 2. The smallest absolute Gasteiger partial charge is 0.422 e. The van der Waals surface area contributed by atoms with Crippen LogP contribution in [0.3, 0.4) is 0 Å². The predicted molar refractivity (Wildman–Crippen MR) is 44.0 cm³/mol. The summed E-state index contributed by atoms with van der Waals surface area (Å²) in [6.07, 6.45) is 1.20. The average molecular weight is 218 g/mol. The Hall–Kier alpha value is -0.655. The summed E-state index contributed by atoms with van der Waals surface area (Å²) in [5.41, 5.74) is 5.37. The molecule has 58 valence electrons. The molecular formula is C4H5BBrN3O2. The van der Waals surface area contributed by atoms with Gasteiger partial charge in [0.15, 0.2) is 5.82 Å². The van der Waals surface area contributed by atoms with Crippen LogP contribution in [0.4, 0.5) is 5.82 Å². The number of nitrogen functional groups attached to an aromatic ring is 1. The molecule has 0 radical (unpaired) electrons. The van der Waals surface area contributed by atoms with Gasteiger partial charge in [0.1, 0.15) is 4.60 Å². The van der Waals surface area contributed by atoms with Gasteiger partial charge in [-0.1, -0.05) is 0 Å². The Morgan fingerprint density at radius 2 is 2.18 bits per heavy atom. The molecule has 0 saturated heterocycles. The summed E-state index contributed by atoms with van der Waals surface area (Å²) in [6.45, 7) is 0. The lowest BCUT2D eigenvalue weighted by molar-refractivity contribution is 0.424.